The molecule has 1 aliphatic rings. The van der Waals surface area contributed by atoms with E-state index in [9.17, 15) is 22.8 Å². The van der Waals surface area contributed by atoms with Crippen molar-refractivity contribution in [3.63, 3.8) is 0 Å². The van der Waals surface area contributed by atoms with Gasteiger partial charge in [-0.05, 0) is 37.8 Å². The standard InChI is InChI=1S/C17H20F3NO3/c1-16(15(23)24)8-9-21(11-16)14(22)7-3-5-12-4-2-6-13(10-12)17(18,19)20/h2,4,6,10H,3,5,7-9,11H2,1H3,(H,23,24). The summed E-state index contributed by atoms with van der Waals surface area (Å²) in [5.41, 5.74) is -1.06. The summed E-state index contributed by atoms with van der Waals surface area (Å²) in [4.78, 5) is 24.8. The van der Waals surface area contributed by atoms with Crippen LogP contribution < -0.4 is 0 Å². The van der Waals surface area contributed by atoms with E-state index in [4.69, 9.17) is 5.11 Å². The van der Waals surface area contributed by atoms with Crippen LogP contribution in [0.4, 0.5) is 13.2 Å². The monoisotopic (exact) mass is 343 g/mol. The summed E-state index contributed by atoms with van der Waals surface area (Å²) in [5.74, 6) is -1.06. The Hall–Kier alpha value is -2.05. The van der Waals surface area contributed by atoms with Crippen molar-refractivity contribution in [1.29, 1.82) is 0 Å². The number of carboxylic acid groups (broad SMARTS) is 1. The number of amides is 1. The van der Waals surface area contributed by atoms with Crippen LogP contribution in [0.2, 0.25) is 0 Å². The molecule has 0 saturated carbocycles. The Morgan fingerprint density at radius 1 is 1.33 bits per heavy atom. The van der Waals surface area contributed by atoms with Gasteiger partial charge in [-0.3, -0.25) is 9.59 Å². The van der Waals surface area contributed by atoms with Crippen molar-refractivity contribution in [3.8, 4) is 0 Å². The number of aliphatic carboxylic acids is 1. The van der Waals surface area contributed by atoms with Crippen molar-refractivity contribution in [1.82, 2.24) is 4.90 Å². The Kier molecular flexibility index (Phi) is 5.20. The van der Waals surface area contributed by atoms with Gasteiger partial charge in [-0.15, -0.1) is 0 Å². The van der Waals surface area contributed by atoms with Crippen molar-refractivity contribution in [2.75, 3.05) is 13.1 Å². The average Bonchev–Trinajstić information content (AvgIpc) is 2.91. The molecule has 7 heteroatoms. The van der Waals surface area contributed by atoms with Crippen molar-refractivity contribution >= 4 is 11.9 Å². The van der Waals surface area contributed by atoms with Crippen LogP contribution in [0.1, 0.15) is 37.3 Å². The van der Waals surface area contributed by atoms with Crippen LogP contribution in [0.25, 0.3) is 0 Å². The molecule has 1 aromatic carbocycles. The molecule has 1 amide bonds. The number of aryl methyl sites for hydroxylation is 1. The number of rotatable bonds is 5. The topological polar surface area (TPSA) is 57.6 Å². The molecular formula is C17H20F3NO3. The first-order chi connectivity index (χ1) is 11.1. The van der Waals surface area contributed by atoms with E-state index in [-0.39, 0.29) is 18.9 Å². The molecule has 24 heavy (non-hydrogen) atoms. The average molecular weight is 343 g/mol. The number of benzene rings is 1. The lowest BCUT2D eigenvalue weighted by atomic mass is 9.90. The van der Waals surface area contributed by atoms with E-state index >= 15 is 0 Å². The number of hydrogen-bond donors (Lipinski definition) is 1. The summed E-state index contributed by atoms with van der Waals surface area (Å²) < 4.78 is 38.0. The highest BCUT2D eigenvalue weighted by Gasteiger charge is 2.41. The molecule has 1 aromatic rings. The molecule has 0 radical (unpaired) electrons. The maximum atomic E-state index is 12.7. The lowest BCUT2D eigenvalue weighted by Gasteiger charge is -2.20. The van der Waals surface area contributed by atoms with Crippen LogP contribution in [-0.4, -0.2) is 35.0 Å². The molecule has 1 heterocycles. The molecule has 2 rings (SSSR count). The Morgan fingerprint density at radius 2 is 2.04 bits per heavy atom. The molecule has 0 aromatic heterocycles. The molecule has 1 saturated heterocycles. The van der Waals surface area contributed by atoms with E-state index < -0.39 is 23.1 Å². The second kappa shape index (κ2) is 6.83. The molecular weight excluding hydrogens is 323 g/mol. The minimum absolute atomic E-state index is 0.146. The van der Waals surface area contributed by atoms with Crippen molar-refractivity contribution < 1.29 is 27.9 Å². The van der Waals surface area contributed by atoms with Crippen LogP contribution in [0.15, 0.2) is 24.3 Å². The molecule has 132 valence electrons. The SMILES string of the molecule is CC1(C(=O)O)CCN(C(=O)CCCc2cccc(C(F)(F)F)c2)C1. The molecule has 1 atom stereocenters. The molecule has 1 aliphatic heterocycles. The number of likely N-dealkylation sites (tertiary alicyclic amines) is 1. The third-order valence-electron chi connectivity index (χ3n) is 4.45. The predicted molar refractivity (Wildman–Crippen MR) is 81.3 cm³/mol. The van der Waals surface area contributed by atoms with Crippen molar-refractivity contribution in [2.24, 2.45) is 5.41 Å². The van der Waals surface area contributed by atoms with E-state index in [0.29, 0.717) is 31.4 Å². The van der Waals surface area contributed by atoms with Gasteiger partial charge < -0.3 is 10.0 Å². The van der Waals surface area contributed by atoms with E-state index in [1.807, 2.05) is 0 Å². The van der Waals surface area contributed by atoms with Gasteiger partial charge in [0.25, 0.3) is 0 Å². The zero-order chi connectivity index (χ0) is 18.0. The summed E-state index contributed by atoms with van der Waals surface area (Å²) in [5, 5.41) is 9.16. The zero-order valence-electron chi connectivity index (χ0n) is 13.4. The number of carbonyl (C=O) groups excluding carboxylic acids is 1. The summed E-state index contributed by atoms with van der Waals surface area (Å²) in [6, 6.07) is 5.09. The highest BCUT2D eigenvalue weighted by Crippen LogP contribution is 2.31. The number of carbonyl (C=O) groups is 2. The molecule has 1 fully saturated rings. The summed E-state index contributed by atoms with van der Waals surface area (Å²) in [6.45, 7) is 2.21. The van der Waals surface area contributed by atoms with Gasteiger partial charge in [0.05, 0.1) is 11.0 Å². The summed E-state index contributed by atoms with van der Waals surface area (Å²) >= 11 is 0. The molecule has 0 spiro atoms. The molecule has 1 N–H and O–H groups in total. The smallest absolute Gasteiger partial charge is 0.416 e. The Morgan fingerprint density at radius 3 is 2.62 bits per heavy atom. The number of nitrogens with zero attached hydrogens (tertiary/aromatic N) is 1. The first-order valence-electron chi connectivity index (χ1n) is 7.79. The quantitative estimate of drug-likeness (QED) is 0.892. The van der Waals surface area contributed by atoms with Crippen molar-refractivity contribution in [3.05, 3.63) is 35.4 Å². The minimum Gasteiger partial charge on any atom is -0.481 e. The fraction of sp³-hybridized carbons (Fsp3) is 0.529. The second-order valence-electron chi connectivity index (χ2n) is 6.48. The first kappa shape index (κ1) is 18.3. The van der Waals surface area contributed by atoms with Gasteiger partial charge in [-0.1, -0.05) is 18.2 Å². The summed E-state index contributed by atoms with van der Waals surface area (Å²) in [6.07, 6.45) is -2.95. The van der Waals surface area contributed by atoms with Crippen molar-refractivity contribution in [2.45, 2.75) is 38.8 Å². The highest BCUT2D eigenvalue weighted by molar-refractivity contribution is 5.80. The van der Waals surface area contributed by atoms with Crippen LogP contribution in [0, 0.1) is 5.41 Å². The Balaban J connectivity index is 1.85. The van der Waals surface area contributed by atoms with Gasteiger partial charge in [0.2, 0.25) is 5.91 Å². The third-order valence-corrected chi connectivity index (χ3v) is 4.45. The van der Waals surface area contributed by atoms with Gasteiger partial charge in [-0.25, -0.2) is 0 Å². The predicted octanol–water partition coefficient (Wildman–Crippen LogP) is 3.35. The number of alkyl halides is 3. The number of hydrogen-bond acceptors (Lipinski definition) is 2. The van der Waals surface area contributed by atoms with Crippen LogP contribution in [0.3, 0.4) is 0 Å². The van der Waals surface area contributed by atoms with Crippen LogP contribution >= 0.6 is 0 Å². The van der Waals surface area contributed by atoms with E-state index in [2.05, 4.69) is 0 Å². The Labute approximate surface area is 138 Å². The minimum atomic E-state index is -4.37. The summed E-state index contributed by atoms with van der Waals surface area (Å²) in [7, 11) is 0. The van der Waals surface area contributed by atoms with E-state index in [1.165, 1.54) is 11.0 Å². The lowest BCUT2D eigenvalue weighted by molar-refractivity contribution is -0.147. The number of halogens is 3. The van der Waals surface area contributed by atoms with E-state index in [1.54, 1.807) is 13.0 Å². The third kappa shape index (κ3) is 4.27. The molecule has 0 bridgehead atoms. The highest BCUT2D eigenvalue weighted by atomic mass is 19.4. The zero-order valence-corrected chi connectivity index (χ0v) is 13.4. The Bertz CT molecular complexity index is 630. The maximum absolute atomic E-state index is 12.7. The lowest BCUT2D eigenvalue weighted by Crippen LogP contribution is -2.34. The normalized spacial score (nSPS) is 21.1. The first-order valence-corrected chi connectivity index (χ1v) is 7.79. The fourth-order valence-electron chi connectivity index (χ4n) is 2.85. The fourth-order valence-corrected chi connectivity index (χ4v) is 2.85. The molecule has 1 unspecified atom stereocenters. The van der Waals surface area contributed by atoms with Gasteiger partial charge in [0.15, 0.2) is 0 Å². The largest absolute Gasteiger partial charge is 0.481 e. The second-order valence-corrected chi connectivity index (χ2v) is 6.48. The van der Waals surface area contributed by atoms with Gasteiger partial charge >= 0.3 is 12.1 Å². The van der Waals surface area contributed by atoms with Gasteiger partial charge in [0.1, 0.15) is 0 Å². The van der Waals surface area contributed by atoms with E-state index in [0.717, 1.165) is 12.1 Å². The van der Waals surface area contributed by atoms with Crippen LogP contribution in [-0.2, 0) is 22.2 Å². The number of carboxylic acids is 1. The molecule has 4 nitrogen and oxygen atoms in total. The van der Waals surface area contributed by atoms with Gasteiger partial charge in [-0.2, -0.15) is 13.2 Å². The van der Waals surface area contributed by atoms with Gasteiger partial charge in [0, 0.05) is 19.5 Å². The van der Waals surface area contributed by atoms with Crippen LogP contribution in [0.5, 0.6) is 0 Å². The maximum Gasteiger partial charge on any atom is 0.416 e. The molecule has 0 aliphatic carbocycles.